The molecule has 3 atom stereocenters. The number of likely N-dealkylation sites (tertiary alicyclic amines) is 1. The third kappa shape index (κ3) is 4.52. The van der Waals surface area contributed by atoms with E-state index in [4.69, 9.17) is 4.74 Å². The van der Waals surface area contributed by atoms with Gasteiger partial charge in [-0.15, -0.1) is 0 Å². The number of piperidine rings is 1. The van der Waals surface area contributed by atoms with Gasteiger partial charge in [-0.3, -0.25) is 0 Å². The summed E-state index contributed by atoms with van der Waals surface area (Å²) in [5.41, 5.74) is 0. The van der Waals surface area contributed by atoms with Gasteiger partial charge >= 0.3 is 0 Å². The van der Waals surface area contributed by atoms with E-state index in [0.717, 1.165) is 37.8 Å². The number of β-amino-alcohol motifs (C(OH)–C–C–N with tert-alkyl or cyclic N) is 1. The molecular formula is C15H29NO2. The minimum atomic E-state index is -0.305. The lowest BCUT2D eigenvalue weighted by Crippen LogP contribution is -2.46. The van der Waals surface area contributed by atoms with Crippen LogP contribution in [0.4, 0.5) is 0 Å². The maximum absolute atomic E-state index is 10.00. The van der Waals surface area contributed by atoms with Gasteiger partial charge in [-0.25, -0.2) is 0 Å². The van der Waals surface area contributed by atoms with Crippen LogP contribution < -0.4 is 0 Å². The van der Waals surface area contributed by atoms with Crippen LogP contribution in [0.3, 0.4) is 0 Å². The monoisotopic (exact) mass is 255 g/mol. The second kappa shape index (κ2) is 7.46. The third-order valence-electron chi connectivity index (χ3n) is 4.35. The Hall–Kier alpha value is -0.120. The van der Waals surface area contributed by atoms with Gasteiger partial charge in [0.15, 0.2) is 0 Å². The van der Waals surface area contributed by atoms with Gasteiger partial charge in [0.05, 0.1) is 12.7 Å². The van der Waals surface area contributed by atoms with Crippen LogP contribution in [-0.4, -0.2) is 49.0 Å². The number of ether oxygens (including phenoxy) is 1. The van der Waals surface area contributed by atoms with E-state index >= 15 is 0 Å². The molecule has 1 saturated heterocycles. The standard InChI is InChI=1S/C15H29NO2/c1-2-3-7-18-12-15(17)11-16-9-13-5-4-6-14(8-13)10-16/h13-15,17H,2-12H2,1H3. The van der Waals surface area contributed by atoms with Crippen molar-refractivity contribution in [2.45, 2.75) is 51.6 Å². The smallest absolute Gasteiger partial charge is 0.0900 e. The van der Waals surface area contributed by atoms with Crippen molar-refractivity contribution in [2.75, 3.05) is 32.8 Å². The highest BCUT2D eigenvalue weighted by Crippen LogP contribution is 2.34. The number of hydrogen-bond donors (Lipinski definition) is 1. The summed E-state index contributed by atoms with van der Waals surface area (Å²) in [7, 11) is 0. The number of aliphatic hydroxyl groups excluding tert-OH is 1. The summed E-state index contributed by atoms with van der Waals surface area (Å²) in [6.45, 7) is 6.65. The average Bonchev–Trinajstić information content (AvgIpc) is 2.34. The van der Waals surface area contributed by atoms with E-state index in [1.165, 1.54) is 38.8 Å². The molecule has 3 heteroatoms. The second-order valence-electron chi connectivity index (χ2n) is 6.20. The van der Waals surface area contributed by atoms with Crippen molar-refractivity contribution in [3.63, 3.8) is 0 Å². The van der Waals surface area contributed by atoms with Crippen LogP contribution in [-0.2, 0) is 4.74 Å². The molecule has 2 rings (SSSR count). The molecule has 2 fully saturated rings. The molecule has 0 aromatic rings. The fourth-order valence-electron chi connectivity index (χ4n) is 3.50. The Kier molecular flexibility index (Phi) is 5.93. The van der Waals surface area contributed by atoms with Gasteiger partial charge in [0.2, 0.25) is 0 Å². The molecular weight excluding hydrogens is 226 g/mol. The van der Waals surface area contributed by atoms with Crippen LogP contribution >= 0.6 is 0 Å². The van der Waals surface area contributed by atoms with Crippen LogP contribution in [0.1, 0.15) is 45.4 Å². The Morgan fingerprint density at radius 2 is 2.00 bits per heavy atom. The maximum atomic E-state index is 10.00. The van der Waals surface area contributed by atoms with Crippen LogP contribution in [0.15, 0.2) is 0 Å². The zero-order valence-electron chi connectivity index (χ0n) is 11.8. The molecule has 1 N–H and O–H groups in total. The molecule has 18 heavy (non-hydrogen) atoms. The first kappa shape index (κ1) is 14.3. The Labute approximate surface area is 112 Å². The molecule has 1 saturated carbocycles. The Morgan fingerprint density at radius 1 is 1.28 bits per heavy atom. The number of unbranched alkanes of at least 4 members (excludes halogenated alkanes) is 1. The highest BCUT2D eigenvalue weighted by atomic mass is 16.5. The summed E-state index contributed by atoms with van der Waals surface area (Å²) in [6, 6.07) is 0. The molecule has 2 bridgehead atoms. The zero-order valence-corrected chi connectivity index (χ0v) is 11.8. The summed E-state index contributed by atoms with van der Waals surface area (Å²) >= 11 is 0. The van der Waals surface area contributed by atoms with E-state index in [9.17, 15) is 5.11 Å². The summed E-state index contributed by atoms with van der Waals surface area (Å²) < 4.78 is 5.49. The van der Waals surface area contributed by atoms with Gasteiger partial charge in [-0.2, -0.15) is 0 Å². The van der Waals surface area contributed by atoms with E-state index in [2.05, 4.69) is 11.8 Å². The quantitative estimate of drug-likeness (QED) is 0.709. The van der Waals surface area contributed by atoms with Gasteiger partial charge in [0, 0.05) is 26.2 Å². The fraction of sp³-hybridized carbons (Fsp3) is 1.00. The highest BCUT2D eigenvalue weighted by molar-refractivity contribution is 4.84. The predicted octanol–water partition coefficient (Wildman–Crippen LogP) is 2.29. The lowest BCUT2D eigenvalue weighted by Gasteiger charge is -2.42. The zero-order chi connectivity index (χ0) is 12.8. The first-order chi connectivity index (χ1) is 8.78. The SMILES string of the molecule is CCCCOCC(O)CN1CC2CCCC(C2)C1. The van der Waals surface area contributed by atoms with Crippen molar-refractivity contribution in [3.05, 3.63) is 0 Å². The van der Waals surface area contributed by atoms with E-state index in [0.29, 0.717) is 6.61 Å². The summed E-state index contributed by atoms with van der Waals surface area (Å²) in [4.78, 5) is 2.46. The average molecular weight is 255 g/mol. The van der Waals surface area contributed by atoms with Crippen molar-refractivity contribution >= 4 is 0 Å². The lowest BCUT2D eigenvalue weighted by molar-refractivity contribution is -0.00448. The number of hydrogen-bond acceptors (Lipinski definition) is 3. The van der Waals surface area contributed by atoms with Gasteiger partial charge < -0.3 is 14.7 Å². The highest BCUT2D eigenvalue weighted by Gasteiger charge is 2.30. The van der Waals surface area contributed by atoms with Crippen molar-refractivity contribution in [3.8, 4) is 0 Å². The summed E-state index contributed by atoms with van der Waals surface area (Å²) in [6.07, 6.45) is 7.60. The molecule has 0 amide bonds. The van der Waals surface area contributed by atoms with Gasteiger partial charge in [0.25, 0.3) is 0 Å². The molecule has 0 aromatic heterocycles. The molecule has 2 aliphatic rings. The number of aliphatic hydroxyl groups is 1. The van der Waals surface area contributed by atoms with Crippen molar-refractivity contribution in [1.29, 1.82) is 0 Å². The summed E-state index contributed by atoms with van der Waals surface area (Å²) in [5, 5.41) is 10.00. The molecule has 3 nitrogen and oxygen atoms in total. The lowest BCUT2D eigenvalue weighted by atomic mass is 9.78. The van der Waals surface area contributed by atoms with E-state index < -0.39 is 0 Å². The van der Waals surface area contributed by atoms with Gasteiger partial charge in [-0.05, 0) is 37.5 Å². The van der Waals surface area contributed by atoms with Gasteiger partial charge in [0.1, 0.15) is 0 Å². The normalized spacial score (nSPS) is 30.3. The first-order valence-electron chi connectivity index (χ1n) is 7.76. The Morgan fingerprint density at radius 3 is 2.67 bits per heavy atom. The number of nitrogens with zero attached hydrogens (tertiary/aromatic N) is 1. The number of rotatable bonds is 7. The summed E-state index contributed by atoms with van der Waals surface area (Å²) in [5.74, 6) is 1.79. The minimum Gasteiger partial charge on any atom is -0.389 e. The minimum absolute atomic E-state index is 0.305. The van der Waals surface area contributed by atoms with E-state index in [1.807, 2.05) is 0 Å². The van der Waals surface area contributed by atoms with E-state index in [-0.39, 0.29) is 6.10 Å². The molecule has 106 valence electrons. The van der Waals surface area contributed by atoms with Crippen molar-refractivity contribution < 1.29 is 9.84 Å². The van der Waals surface area contributed by atoms with Gasteiger partial charge in [-0.1, -0.05) is 19.8 Å². The second-order valence-corrected chi connectivity index (χ2v) is 6.20. The van der Waals surface area contributed by atoms with Crippen molar-refractivity contribution in [1.82, 2.24) is 4.90 Å². The van der Waals surface area contributed by atoms with Crippen LogP contribution in [0.5, 0.6) is 0 Å². The Balaban J connectivity index is 1.63. The molecule has 1 aliphatic carbocycles. The van der Waals surface area contributed by atoms with Crippen molar-refractivity contribution in [2.24, 2.45) is 11.8 Å². The van der Waals surface area contributed by atoms with E-state index in [1.54, 1.807) is 0 Å². The van der Waals surface area contributed by atoms with Crippen LogP contribution in [0.2, 0.25) is 0 Å². The fourth-order valence-corrected chi connectivity index (χ4v) is 3.50. The topological polar surface area (TPSA) is 32.7 Å². The predicted molar refractivity (Wildman–Crippen MR) is 73.6 cm³/mol. The largest absolute Gasteiger partial charge is 0.389 e. The van der Waals surface area contributed by atoms with Crippen LogP contribution in [0.25, 0.3) is 0 Å². The molecule has 3 unspecified atom stereocenters. The Bertz CT molecular complexity index is 223. The van der Waals surface area contributed by atoms with Crippen LogP contribution in [0, 0.1) is 11.8 Å². The first-order valence-corrected chi connectivity index (χ1v) is 7.76. The molecule has 0 radical (unpaired) electrons. The third-order valence-corrected chi connectivity index (χ3v) is 4.35. The molecule has 1 heterocycles. The molecule has 0 aromatic carbocycles. The maximum Gasteiger partial charge on any atom is 0.0900 e. The number of fused-ring (bicyclic) bond motifs is 2. The molecule has 1 aliphatic heterocycles. The molecule has 0 spiro atoms.